The number of hydrogen-bond acceptors (Lipinski definition) is 3. The third-order valence-electron chi connectivity index (χ3n) is 3.28. The van der Waals surface area contributed by atoms with Crippen molar-refractivity contribution in [1.29, 1.82) is 0 Å². The van der Waals surface area contributed by atoms with Gasteiger partial charge in [-0.2, -0.15) is 0 Å². The van der Waals surface area contributed by atoms with Gasteiger partial charge in [-0.1, -0.05) is 17.7 Å². The molecule has 100 valence electrons. The van der Waals surface area contributed by atoms with E-state index in [9.17, 15) is 4.79 Å². The van der Waals surface area contributed by atoms with Gasteiger partial charge in [-0.15, -0.1) is 0 Å². The van der Waals surface area contributed by atoms with E-state index in [-0.39, 0.29) is 5.97 Å². The molecule has 0 amide bonds. The van der Waals surface area contributed by atoms with Gasteiger partial charge in [0.15, 0.2) is 0 Å². The van der Waals surface area contributed by atoms with Gasteiger partial charge in [0, 0.05) is 5.69 Å². The summed E-state index contributed by atoms with van der Waals surface area (Å²) < 4.78 is 6.71. The smallest absolute Gasteiger partial charge is 0.337 e. The second kappa shape index (κ2) is 4.81. The molecule has 0 fully saturated rings. The molecular formula is C16H14N2O2. The highest BCUT2D eigenvalue weighted by Gasteiger charge is 2.10. The molecular weight excluding hydrogens is 252 g/mol. The van der Waals surface area contributed by atoms with Crippen LogP contribution in [0.25, 0.3) is 16.7 Å². The fraction of sp³-hybridized carbons (Fsp3) is 0.125. The summed E-state index contributed by atoms with van der Waals surface area (Å²) in [7, 11) is 1.38. The maximum Gasteiger partial charge on any atom is 0.337 e. The maximum atomic E-state index is 11.6. The van der Waals surface area contributed by atoms with Crippen molar-refractivity contribution in [2.75, 3.05) is 7.11 Å². The summed E-state index contributed by atoms with van der Waals surface area (Å²) >= 11 is 0. The highest BCUT2D eigenvalue weighted by molar-refractivity contribution is 5.93. The van der Waals surface area contributed by atoms with Crippen LogP contribution in [-0.4, -0.2) is 22.6 Å². The molecule has 0 N–H and O–H groups in total. The quantitative estimate of drug-likeness (QED) is 0.669. The Kier molecular flexibility index (Phi) is 2.99. The fourth-order valence-electron chi connectivity index (χ4n) is 2.16. The van der Waals surface area contributed by atoms with Gasteiger partial charge in [0.1, 0.15) is 6.33 Å². The summed E-state index contributed by atoms with van der Waals surface area (Å²) in [6.45, 7) is 2.05. The average Bonchev–Trinajstić information content (AvgIpc) is 2.90. The van der Waals surface area contributed by atoms with Gasteiger partial charge in [0.25, 0.3) is 0 Å². The van der Waals surface area contributed by atoms with Crippen molar-refractivity contribution in [1.82, 2.24) is 9.55 Å². The molecule has 0 atom stereocenters. The van der Waals surface area contributed by atoms with E-state index in [1.165, 1.54) is 12.7 Å². The van der Waals surface area contributed by atoms with Gasteiger partial charge >= 0.3 is 5.97 Å². The summed E-state index contributed by atoms with van der Waals surface area (Å²) in [5, 5.41) is 0. The maximum absolute atomic E-state index is 11.6. The van der Waals surface area contributed by atoms with Crippen molar-refractivity contribution in [3.05, 3.63) is 59.9 Å². The minimum atomic E-state index is -0.344. The predicted molar refractivity (Wildman–Crippen MR) is 77.1 cm³/mol. The fourth-order valence-corrected chi connectivity index (χ4v) is 2.16. The molecule has 20 heavy (non-hydrogen) atoms. The lowest BCUT2D eigenvalue weighted by Gasteiger charge is -2.05. The zero-order valence-corrected chi connectivity index (χ0v) is 11.3. The highest BCUT2D eigenvalue weighted by Crippen LogP contribution is 2.20. The molecule has 0 saturated heterocycles. The first-order valence-corrected chi connectivity index (χ1v) is 6.31. The number of benzene rings is 2. The summed E-state index contributed by atoms with van der Waals surface area (Å²) in [5.41, 5.74) is 4.47. The molecule has 1 heterocycles. The van der Waals surface area contributed by atoms with Crippen LogP contribution >= 0.6 is 0 Å². The van der Waals surface area contributed by atoms with E-state index in [0.29, 0.717) is 5.56 Å². The first-order chi connectivity index (χ1) is 9.69. The average molecular weight is 266 g/mol. The van der Waals surface area contributed by atoms with E-state index in [1.54, 1.807) is 18.5 Å². The first-order valence-electron chi connectivity index (χ1n) is 6.31. The van der Waals surface area contributed by atoms with Crippen molar-refractivity contribution in [2.24, 2.45) is 0 Å². The van der Waals surface area contributed by atoms with E-state index in [0.717, 1.165) is 16.7 Å². The summed E-state index contributed by atoms with van der Waals surface area (Å²) in [6, 6.07) is 13.5. The Labute approximate surface area is 116 Å². The molecule has 0 aliphatic heterocycles. The Bertz CT molecular complexity index is 773. The van der Waals surface area contributed by atoms with Crippen molar-refractivity contribution >= 4 is 17.0 Å². The van der Waals surface area contributed by atoms with Gasteiger partial charge in [-0.3, -0.25) is 4.57 Å². The monoisotopic (exact) mass is 266 g/mol. The SMILES string of the molecule is COC(=O)c1ccc2ncn(-c3ccc(C)cc3)c2c1. The standard InChI is InChI=1S/C16H14N2O2/c1-11-3-6-13(7-4-11)18-10-17-14-8-5-12(9-15(14)18)16(19)20-2/h3-10H,1-2H3. The number of carbonyl (C=O) groups is 1. The molecule has 2 aromatic carbocycles. The van der Waals surface area contributed by atoms with Crippen LogP contribution in [-0.2, 0) is 4.74 Å². The number of rotatable bonds is 2. The molecule has 1 aromatic heterocycles. The molecule has 0 aliphatic carbocycles. The zero-order valence-electron chi connectivity index (χ0n) is 11.3. The van der Waals surface area contributed by atoms with Crippen LogP contribution in [0.1, 0.15) is 15.9 Å². The number of aryl methyl sites for hydroxylation is 1. The zero-order chi connectivity index (χ0) is 14.1. The van der Waals surface area contributed by atoms with Crippen molar-refractivity contribution in [3.8, 4) is 5.69 Å². The van der Waals surface area contributed by atoms with E-state index in [4.69, 9.17) is 4.74 Å². The Balaban J connectivity index is 2.16. The number of methoxy groups -OCH3 is 1. The number of nitrogens with zero attached hydrogens (tertiary/aromatic N) is 2. The molecule has 0 spiro atoms. The lowest BCUT2D eigenvalue weighted by atomic mass is 10.2. The van der Waals surface area contributed by atoms with Crippen molar-refractivity contribution < 1.29 is 9.53 Å². The predicted octanol–water partition coefficient (Wildman–Crippen LogP) is 3.12. The van der Waals surface area contributed by atoms with Crippen LogP contribution in [0.15, 0.2) is 48.8 Å². The molecule has 4 heteroatoms. The molecule has 3 rings (SSSR count). The molecule has 0 unspecified atom stereocenters. The van der Waals surface area contributed by atoms with Crippen LogP contribution in [0.2, 0.25) is 0 Å². The Hall–Kier alpha value is -2.62. The van der Waals surface area contributed by atoms with E-state index in [2.05, 4.69) is 4.98 Å². The molecule has 0 aliphatic rings. The molecule has 0 bridgehead atoms. The summed E-state index contributed by atoms with van der Waals surface area (Å²) in [4.78, 5) is 16.0. The van der Waals surface area contributed by atoms with Crippen LogP contribution in [0, 0.1) is 6.92 Å². The third kappa shape index (κ3) is 2.05. The lowest BCUT2D eigenvalue weighted by Crippen LogP contribution is -2.01. The van der Waals surface area contributed by atoms with Crippen molar-refractivity contribution in [3.63, 3.8) is 0 Å². The molecule has 3 aromatic rings. The van der Waals surface area contributed by atoms with Crippen LogP contribution in [0.5, 0.6) is 0 Å². The van der Waals surface area contributed by atoms with Crippen LogP contribution in [0.3, 0.4) is 0 Å². The Morgan fingerprint density at radius 2 is 1.90 bits per heavy atom. The van der Waals surface area contributed by atoms with Gasteiger partial charge < -0.3 is 4.74 Å². The van der Waals surface area contributed by atoms with Gasteiger partial charge in [-0.25, -0.2) is 9.78 Å². The second-order valence-electron chi connectivity index (χ2n) is 4.65. The lowest BCUT2D eigenvalue weighted by molar-refractivity contribution is 0.0601. The first kappa shape index (κ1) is 12.4. The number of imidazole rings is 1. The largest absolute Gasteiger partial charge is 0.465 e. The Morgan fingerprint density at radius 3 is 2.60 bits per heavy atom. The normalized spacial score (nSPS) is 10.7. The molecule has 0 saturated carbocycles. The van der Waals surface area contributed by atoms with Gasteiger partial charge in [-0.05, 0) is 37.3 Å². The highest BCUT2D eigenvalue weighted by atomic mass is 16.5. The summed E-state index contributed by atoms with van der Waals surface area (Å²) in [5.74, 6) is -0.344. The second-order valence-corrected chi connectivity index (χ2v) is 4.65. The minimum Gasteiger partial charge on any atom is -0.465 e. The number of esters is 1. The number of hydrogen-bond donors (Lipinski definition) is 0. The number of fused-ring (bicyclic) bond motifs is 1. The topological polar surface area (TPSA) is 44.1 Å². The summed E-state index contributed by atoms with van der Waals surface area (Å²) in [6.07, 6.45) is 1.76. The molecule has 0 radical (unpaired) electrons. The van der Waals surface area contributed by atoms with Crippen LogP contribution < -0.4 is 0 Å². The Morgan fingerprint density at radius 1 is 1.15 bits per heavy atom. The van der Waals surface area contributed by atoms with Crippen LogP contribution in [0.4, 0.5) is 0 Å². The number of carbonyl (C=O) groups excluding carboxylic acids is 1. The van der Waals surface area contributed by atoms with E-state index >= 15 is 0 Å². The third-order valence-corrected chi connectivity index (χ3v) is 3.28. The van der Waals surface area contributed by atoms with E-state index < -0.39 is 0 Å². The van der Waals surface area contributed by atoms with E-state index in [1.807, 2.05) is 41.8 Å². The number of aromatic nitrogens is 2. The minimum absolute atomic E-state index is 0.344. The number of ether oxygens (including phenoxy) is 1. The van der Waals surface area contributed by atoms with Gasteiger partial charge in [0.2, 0.25) is 0 Å². The van der Waals surface area contributed by atoms with Crippen molar-refractivity contribution in [2.45, 2.75) is 6.92 Å². The molecule has 4 nitrogen and oxygen atoms in total. The van der Waals surface area contributed by atoms with Gasteiger partial charge in [0.05, 0.1) is 23.7 Å².